The summed E-state index contributed by atoms with van der Waals surface area (Å²) in [5, 5.41) is 0. The number of aryl methyl sites for hydroxylation is 1. The van der Waals surface area contributed by atoms with Crippen LogP contribution in [0.5, 0.6) is 0 Å². The minimum atomic E-state index is -3.19. The van der Waals surface area contributed by atoms with Crippen LogP contribution in [0, 0.1) is 0 Å². The van der Waals surface area contributed by atoms with E-state index in [1.54, 1.807) is 6.92 Å². The van der Waals surface area contributed by atoms with Crippen LogP contribution in [0.4, 0.5) is 11.4 Å². The zero-order valence-electron chi connectivity index (χ0n) is 10.2. The lowest BCUT2D eigenvalue weighted by atomic mass is 10.0. The molecule has 1 aliphatic rings. The van der Waals surface area contributed by atoms with E-state index in [0.29, 0.717) is 5.69 Å². The number of hydrogen-bond acceptors (Lipinski definition) is 3. The van der Waals surface area contributed by atoms with Gasteiger partial charge in [0.15, 0.2) is 0 Å². The first-order valence-corrected chi connectivity index (χ1v) is 7.51. The quantitative estimate of drug-likeness (QED) is 0.895. The molecule has 0 spiro atoms. The Morgan fingerprint density at radius 3 is 2.88 bits per heavy atom. The SMILES string of the molecule is CCS(=O)(=O)Nc1ccc2c(c1)N(C)CCC2. The maximum absolute atomic E-state index is 11.5. The van der Waals surface area contributed by atoms with Crippen LogP contribution in [-0.4, -0.2) is 27.8 Å². The monoisotopic (exact) mass is 254 g/mol. The topological polar surface area (TPSA) is 49.4 Å². The lowest BCUT2D eigenvalue weighted by Gasteiger charge is -2.28. The summed E-state index contributed by atoms with van der Waals surface area (Å²) in [5.74, 6) is 0.0971. The first-order chi connectivity index (χ1) is 8.02. The number of benzene rings is 1. The minimum absolute atomic E-state index is 0.0971. The van der Waals surface area contributed by atoms with Gasteiger partial charge in [-0.2, -0.15) is 0 Å². The summed E-state index contributed by atoms with van der Waals surface area (Å²) in [4.78, 5) is 2.17. The molecule has 1 heterocycles. The van der Waals surface area contributed by atoms with E-state index in [0.717, 1.165) is 25.1 Å². The third-order valence-electron chi connectivity index (χ3n) is 3.09. The Kier molecular flexibility index (Phi) is 3.28. The fourth-order valence-electron chi connectivity index (χ4n) is 2.07. The lowest BCUT2D eigenvalue weighted by molar-refractivity contribution is 0.602. The molecular formula is C12H18N2O2S. The number of rotatable bonds is 3. The second-order valence-electron chi connectivity index (χ2n) is 4.37. The molecule has 1 aromatic rings. The summed E-state index contributed by atoms with van der Waals surface area (Å²) < 4.78 is 25.6. The Morgan fingerprint density at radius 1 is 1.41 bits per heavy atom. The minimum Gasteiger partial charge on any atom is -0.374 e. The molecule has 0 unspecified atom stereocenters. The lowest BCUT2D eigenvalue weighted by Crippen LogP contribution is -2.25. The van der Waals surface area contributed by atoms with Gasteiger partial charge >= 0.3 is 0 Å². The molecule has 0 aromatic heterocycles. The highest BCUT2D eigenvalue weighted by Crippen LogP contribution is 2.29. The van der Waals surface area contributed by atoms with E-state index < -0.39 is 10.0 Å². The Morgan fingerprint density at radius 2 is 2.18 bits per heavy atom. The molecule has 2 rings (SSSR count). The summed E-state index contributed by atoms with van der Waals surface area (Å²) in [6.07, 6.45) is 2.23. The van der Waals surface area contributed by atoms with Crippen molar-refractivity contribution >= 4 is 21.4 Å². The van der Waals surface area contributed by atoms with Gasteiger partial charge in [0.2, 0.25) is 10.0 Å². The molecule has 5 heteroatoms. The first-order valence-electron chi connectivity index (χ1n) is 5.86. The molecule has 0 bridgehead atoms. The van der Waals surface area contributed by atoms with E-state index in [2.05, 4.69) is 9.62 Å². The average Bonchev–Trinajstić information content (AvgIpc) is 2.30. The highest BCUT2D eigenvalue weighted by Gasteiger charge is 2.15. The summed E-state index contributed by atoms with van der Waals surface area (Å²) in [6.45, 7) is 2.66. The number of hydrogen-bond donors (Lipinski definition) is 1. The number of sulfonamides is 1. The summed E-state index contributed by atoms with van der Waals surface area (Å²) in [6, 6.07) is 5.77. The maximum atomic E-state index is 11.5. The van der Waals surface area contributed by atoms with E-state index in [1.807, 2.05) is 25.2 Å². The molecule has 1 aliphatic heterocycles. The molecule has 0 saturated carbocycles. The normalized spacial score (nSPS) is 15.5. The molecule has 1 aromatic carbocycles. The van der Waals surface area contributed by atoms with Crippen LogP contribution in [0.3, 0.4) is 0 Å². The van der Waals surface area contributed by atoms with Gasteiger partial charge in [-0.15, -0.1) is 0 Å². The van der Waals surface area contributed by atoms with Crippen molar-refractivity contribution in [2.45, 2.75) is 19.8 Å². The van der Waals surface area contributed by atoms with Crippen LogP contribution in [0.15, 0.2) is 18.2 Å². The van der Waals surface area contributed by atoms with Gasteiger partial charge < -0.3 is 4.90 Å². The smallest absolute Gasteiger partial charge is 0.232 e. The Hall–Kier alpha value is -1.23. The fourth-order valence-corrected chi connectivity index (χ4v) is 2.70. The molecule has 0 aliphatic carbocycles. The van der Waals surface area contributed by atoms with Crippen LogP contribution >= 0.6 is 0 Å². The van der Waals surface area contributed by atoms with Crippen molar-refractivity contribution in [1.29, 1.82) is 0 Å². The Bertz CT molecular complexity index is 511. The molecule has 0 radical (unpaired) electrons. The molecular weight excluding hydrogens is 236 g/mol. The predicted molar refractivity (Wildman–Crippen MR) is 71.1 cm³/mol. The molecule has 0 saturated heterocycles. The second-order valence-corrected chi connectivity index (χ2v) is 6.39. The third-order valence-corrected chi connectivity index (χ3v) is 4.40. The van der Waals surface area contributed by atoms with Crippen LogP contribution < -0.4 is 9.62 Å². The van der Waals surface area contributed by atoms with Crippen molar-refractivity contribution in [3.05, 3.63) is 23.8 Å². The zero-order chi connectivity index (χ0) is 12.5. The summed E-state index contributed by atoms with van der Waals surface area (Å²) in [5.41, 5.74) is 3.07. The van der Waals surface area contributed by atoms with Crippen molar-refractivity contribution in [3.63, 3.8) is 0 Å². The number of nitrogens with zero attached hydrogens (tertiary/aromatic N) is 1. The van der Waals surface area contributed by atoms with Crippen molar-refractivity contribution in [2.24, 2.45) is 0 Å². The highest BCUT2D eigenvalue weighted by atomic mass is 32.2. The van der Waals surface area contributed by atoms with Crippen LogP contribution in [0.25, 0.3) is 0 Å². The van der Waals surface area contributed by atoms with Crippen molar-refractivity contribution < 1.29 is 8.42 Å². The van der Waals surface area contributed by atoms with Crippen LogP contribution in [0.2, 0.25) is 0 Å². The van der Waals surface area contributed by atoms with Crippen molar-refractivity contribution in [2.75, 3.05) is 29.0 Å². The molecule has 1 N–H and O–H groups in total. The third kappa shape index (κ3) is 2.72. The van der Waals surface area contributed by atoms with Gasteiger partial charge in [-0.1, -0.05) is 6.07 Å². The average molecular weight is 254 g/mol. The van der Waals surface area contributed by atoms with E-state index >= 15 is 0 Å². The van der Waals surface area contributed by atoms with Gasteiger partial charge in [-0.25, -0.2) is 8.42 Å². The van der Waals surface area contributed by atoms with E-state index in [-0.39, 0.29) is 5.75 Å². The second kappa shape index (κ2) is 4.56. The zero-order valence-corrected chi connectivity index (χ0v) is 11.0. The summed E-state index contributed by atoms with van der Waals surface area (Å²) >= 11 is 0. The Balaban J connectivity index is 2.30. The van der Waals surface area contributed by atoms with Gasteiger partial charge in [0.05, 0.1) is 11.4 Å². The van der Waals surface area contributed by atoms with Gasteiger partial charge in [0.1, 0.15) is 0 Å². The van der Waals surface area contributed by atoms with E-state index in [4.69, 9.17) is 0 Å². The van der Waals surface area contributed by atoms with Gasteiger partial charge in [0, 0.05) is 19.3 Å². The predicted octanol–water partition coefficient (Wildman–Crippen LogP) is 1.83. The standard InChI is InChI=1S/C12H18N2O2S/c1-3-17(15,16)13-11-7-6-10-5-4-8-14(2)12(10)9-11/h6-7,9,13H,3-5,8H2,1-2H3. The molecule has 0 fully saturated rings. The van der Waals surface area contributed by atoms with Crippen molar-refractivity contribution in [3.8, 4) is 0 Å². The fraction of sp³-hybridized carbons (Fsp3) is 0.500. The number of nitrogens with one attached hydrogen (secondary N) is 1. The molecule has 17 heavy (non-hydrogen) atoms. The summed E-state index contributed by atoms with van der Waals surface area (Å²) in [7, 11) is -1.15. The number of anilines is 2. The molecule has 4 nitrogen and oxygen atoms in total. The van der Waals surface area contributed by atoms with Gasteiger partial charge in [0.25, 0.3) is 0 Å². The maximum Gasteiger partial charge on any atom is 0.232 e. The van der Waals surface area contributed by atoms with E-state index in [1.165, 1.54) is 5.56 Å². The molecule has 94 valence electrons. The van der Waals surface area contributed by atoms with Crippen LogP contribution in [0.1, 0.15) is 18.9 Å². The number of fused-ring (bicyclic) bond motifs is 1. The van der Waals surface area contributed by atoms with Crippen molar-refractivity contribution in [1.82, 2.24) is 0 Å². The van der Waals surface area contributed by atoms with Gasteiger partial charge in [-0.3, -0.25) is 4.72 Å². The Labute approximate surface area is 103 Å². The highest BCUT2D eigenvalue weighted by molar-refractivity contribution is 7.92. The first kappa shape index (κ1) is 12.2. The van der Waals surface area contributed by atoms with Gasteiger partial charge in [-0.05, 0) is 37.5 Å². The molecule has 0 atom stereocenters. The largest absolute Gasteiger partial charge is 0.374 e. The van der Waals surface area contributed by atoms with Crippen LogP contribution in [-0.2, 0) is 16.4 Å². The van der Waals surface area contributed by atoms with E-state index in [9.17, 15) is 8.42 Å². The molecule has 0 amide bonds.